The van der Waals surface area contributed by atoms with Gasteiger partial charge in [-0.1, -0.05) is 0 Å². The minimum Gasteiger partial charge on any atom is -0.467 e. The van der Waals surface area contributed by atoms with E-state index in [0.29, 0.717) is 18.9 Å². The third kappa shape index (κ3) is 5.11. The number of hydrogen-bond donors (Lipinski definition) is 2. The van der Waals surface area contributed by atoms with E-state index in [1.807, 2.05) is 26.8 Å². The Bertz CT molecular complexity index is 673. The summed E-state index contributed by atoms with van der Waals surface area (Å²) in [5.74, 6) is 1.42. The van der Waals surface area contributed by atoms with Crippen LogP contribution in [0.3, 0.4) is 0 Å². The van der Waals surface area contributed by atoms with Gasteiger partial charge in [0.05, 0.1) is 23.5 Å². The van der Waals surface area contributed by atoms with Gasteiger partial charge in [0.1, 0.15) is 17.2 Å². The third-order valence-electron chi connectivity index (χ3n) is 2.93. The number of amides is 1. The molecule has 0 aliphatic carbocycles. The van der Waals surface area contributed by atoms with Gasteiger partial charge in [-0.2, -0.15) is 5.10 Å². The first-order valence-corrected chi connectivity index (χ1v) is 7.99. The number of hydrogen-bond acceptors (Lipinski definition) is 5. The number of halogens is 1. The van der Waals surface area contributed by atoms with E-state index in [1.54, 1.807) is 24.2 Å². The Kier molecular flexibility index (Phi) is 5.48. The number of nitrogens with zero attached hydrogens (tertiary/aromatic N) is 2. The number of aryl methyl sites for hydroxylation is 1. The average Bonchev–Trinajstić information content (AvgIpc) is 2.97. The van der Waals surface area contributed by atoms with Crippen molar-refractivity contribution in [3.05, 3.63) is 34.3 Å². The molecule has 126 valence electrons. The van der Waals surface area contributed by atoms with Crippen LogP contribution in [0.4, 0.5) is 10.6 Å². The molecule has 0 unspecified atom stereocenters. The Morgan fingerprint density at radius 2 is 2.17 bits per heavy atom. The van der Waals surface area contributed by atoms with Crippen LogP contribution in [0.5, 0.6) is 0 Å². The summed E-state index contributed by atoms with van der Waals surface area (Å²) < 4.78 is 13.1. The van der Waals surface area contributed by atoms with Gasteiger partial charge in [0, 0.05) is 19.2 Å². The Morgan fingerprint density at radius 3 is 2.78 bits per heavy atom. The maximum Gasteiger partial charge on any atom is 0.413 e. The van der Waals surface area contributed by atoms with Crippen LogP contribution in [0.15, 0.2) is 27.4 Å². The number of rotatable bonds is 5. The van der Waals surface area contributed by atoms with Crippen LogP contribution in [-0.4, -0.2) is 21.5 Å². The molecule has 1 amide bonds. The first-order chi connectivity index (χ1) is 10.8. The van der Waals surface area contributed by atoms with Crippen molar-refractivity contribution in [2.45, 2.75) is 39.5 Å². The molecular formula is C15H21BrN4O3. The largest absolute Gasteiger partial charge is 0.467 e. The fraction of sp³-hybridized carbons (Fsp3) is 0.467. The molecule has 2 N–H and O–H groups in total. The molecule has 2 heterocycles. The van der Waals surface area contributed by atoms with Gasteiger partial charge in [0.15, 0.2) is 0 Å². The fourth-order valence-corrected chi connectivity index (χ4v) is 2.28. The van der Waals surface area contributed by atoms with E-state index in [9.17, 15) is 4.79 Å². The van der Waals surface area contributed by atoms with Gasteiger partial charge in [-0.25, -0.2) is 4.79 Å². The van der Waals surface area contributed by atoms with Crippen molar-refractivity contribution >= 4 is 27.8 Å². The van der Waals surface area contributed by atoms with Crippen molar-refractivity contribution in [2.75, 3.05) is 5.32 Å². The second-order valence-electron chi connectivity index (χ2n) is 6.06. The fourth-order valence-electron chi connectivity index (χ4n) is 1.94. The van der Waals surface area contributed by atoms with Crippen LogP contribution in [0, 0.1) is 0 Å². The lowest BCUT2D eigenvalue weighted by atomic mass is 10.2. The van der Waals surface area contributed by atoms with Crippen LogP contribution in [0.1, 0.15) is 32.1 Å². The van der Waals surface area contributed by atoms with Crippen molar-refractivity contribution < 1.29 is 13.9 Å². The number of nitrogens with one attached hydrogen (secondary N) is 2. The predicted octanol–water partition coefficient (Wildman–Crippen LogP) is 3.41. The van der Waals surface area contributed by atoms with E-state index in [-0.39, 0.29) is 0 Å². The van der Waals surface area contributed by atoms with Gasteiger partial charge in [0.2, 0.25) is 0 Å². The summed E-state index contributed by atoms with van der Waals surface area (Å²) in [7, 11) is 1.76. The maximum absolute atomic E-state index is 11.9. The van der Waals surface area contributed by atoms with E-state index in [1.165, 1.54) is 0 Å². The summed E-state index contributed by atoms with van der Waals surface area (Å²) in [5.41, 5.74) is 0.313. The highest BCUT2D eigenvalue weighted by molar-refractivity contribution is 9.10. The standard InChI is InChI=1S/C15H21BrN4O3/c1-15(2,3)23-14(21)19-13-10(8-18-20(13)4)7-17-9-12-11(16)5-6-22-12/h5-6,8,17H,7,9H2,1-4H3,(H,19,21). The van der Waals surface area contributed by atoms with Crippen LogP contribution < -0.4 is 10.6 Å². The lowest BCUT2D eigenvalue weighted by molar-refractivity contribution is 0.0634. The maximum atomic E-state index is 11.9. The molecule has 0 fully saturated rings. The van der Waals surface area contributed by atoms with Crippen molar-refractivity contribution in [3.63, 3.8) is 0 Å². The molecule has 2 aromatic heterocycles. The quantitative estimate of drug-likeness (QED) is 0.825. The molecule has 0 radical (unpaired) electrons. The van der Waals surface area contributed by atoms with Gasteiger partial charge < -0.3 is 14.5 Å². The minimum atomic E-state index is -0.549. The third-order valence-corrected chi connectivity index (χ3v) is 3.63. The number of anilines is 1. The molecule has 23 heavy (non-hydrogen) atoms. The number of carbonyl (C=O) groups is 1. The van der Waals surface area contributed by atoms with E-state index in [2.05, 4.69) is 31.7 Å². The first kappa shape index (κ1) is 17.6. The van der Waals surface area contributed by atoms with Gasteiger partial charge >= 0.3 is 6.09 Å². The second-order valence-corrected chi connectivity index (χ2v) is 6.92. The number of carbonyl (C=O) groups excluding carboxylic acids is 1. The minimum absolute atomic E-state index is 0.504. The zero-order chi connectivity index (χ0) is 17.0. The van der Waals surface area contributed by atoms with E-state index in [4.69, 9.17) is 9.15 Å². The van der Waals surface area contributed by atoms with Crippen molar-refractivity contribution in [3.8, 4) is 0 Å². The SMILES string of the molecule is Cn1ncc(CNCc2occc2Br)c1NC(=O)OC(C)(C)C. The molecule has 0 saturated carbocycles. The normalized spacial score (nSPS) is 11.5. The zero-order valence-corrected chi connectivity index (χ0v) is 15.2. The number of ether oxygens (including phenoxy) is 1. The lowest BCUT2D eigenvalue weighted by Crippen LogP contribution is -2.28. The summed E-state index contributed by atoms with van der Waals surface area (Å²) in [6, 6.07) is 1.84. The predicted molar refractivity (Wildman–Crippen MR) is 90.0 cm³/mol. The van der Waals surface area contributed by atoms with Crippen LogP contribution in [0.25, 0.3) is 0 Å². The van der Waals surface area contributed by atoms with Gasteiger partial charge in [0.25, 0.3) is 0 Å². The van der Waals surface area contributed by atoms with Crippen molar-refractivity contribution in [1.29, 1.82) is 0 Å². The average molecular weight is 385 g/mol. The molecule has 7 nitrogen and oxygen atoms in total. The first-order valence-electron chi connectivity index (χ1n) is 7.20. The second kappa shape index (κ2) is 7.18. The summed E-state index contributed by atoms with van der Waals surface area (Å²) in [6.07, 6.45) is 2.83. The number of aromatic nitrogens is 2. The van der Waals surface area contributed by atoms with Crippen molar-refractivity contribution in [2.24, 2.45) is 7.05 Å². The lowest BCUT2D eigenvalue weighted by Gasteiger charge is -2.20. The van der Waals surface area contributed by atoms with E-state index >= 15 is 0 Å². The highest BCUT2D eigenvalue weighted by atomic mass is 79.9. The molecule has 0 aromatic carbocycles. The summed E-state index contributed by atoms with van der Waals surface area (Å²) in [6.45, 7) is 6.55. The molecule has 0 aliphatic rings. The van der Waals surface area contributed by atoms with E-state index in [0.717, 1.165) is 15.8 Å². The summed E-state index contributed by atoms with van der Waals surface area (Å²) in [5, 5.41) is 10.2. The Hall–Kier alpha value is -1.80. The van der Waals surface area contributed by atoms with Gasteiger partial charge in [-0.15, -0.1) is 0 Å². The van der Waals surface area contributed by atoms with Crippen LogP contribution >= 0.6 is 15.9 Å². The summed E-state index contributed by atoms with van der Waals surface area (Å²) in [4.78, 5) is 11.9. The Balaban J connectivity index is 1.95. The van der Waals surface area contributed by atoms with Crippen molar-refractivity contribution in [1.82, 2.24) is 15.1 Å². The Morgan fingerprint density at radius 1 is 1.43 bits per heavy atom. The highest BCUT2D eigenvalue weighted by Gasteiger charge is 2.19. The monoisotopic (exact) mass is 384 g/mol. The zero-order valence-electron chi connectivity index (χ0n) is 13.6. The molecule has 8 heteroatoms. The van der Waals surface area contributed by atoms with Gasteiger partial charge in [-0.05, 0) is 42.8 Å². The molecule has 2 aromatic rings. The van der Waals surface area contributed by atoms with Crippen LogP contribution in [-0.2, 0) is 24.9 Å². The molecule has 0 saturated heterocycles. The van der Waals surface area contributed by atoms with E-state index < -0.39 is 11.7 Å². The molecular weight excluding hydrogens is 364 g/mol. The molecule has 0 spiro atoms. The summed E-state index contributed by atoms with van der Waals surface area (Å²) >= 11 is 3.41. The molecule has 2 rings (SSSR count). The molecule has 0 aliphatic heterocycles. The number of furan rings is 1. The van der Waals surface area contributed by atoms with Gasteiger partial charge in [-0.3, -0.25) is 10.00 Å². The smallest absolute Gasteiger partial charge is 0.413 e. The highest BCUT2D eigenvalue weighted by Crippen LogP contribution is 2.19. The Labute approximate surface area is 143 Å². The van der Waals surface area contributed by atoms with Crippen LogP contribution in [0.2, 0.25) is 0 Å². The molecule has 0 atom stereocenters. The molecule has 0 bridgehead atoms. The topological polar surface area (TPSA) is 81.3 Å².